The number of hydrogen-bond donors (Lipinski definition) is 2. The number of nitrogens with one attached hydrogen (secondary N) is 1. The Hall–Kier alpha value is -3.52. The zero-order valence-electron chi connectivity index (χ0n) is 17.8. The topological polar surface area (TPSA) is 113 Å². The fraction of sp³-hybridized carbons (Fsp3) is 0.333. The third-order valence-corrected chi connectivity index (χ3v) is 5.94. The van der Waals surface area contributed by atoms with Crippen molar-refractivity contribution in [2.24, 2.45) is 11.7 Å². The number of likely N-dealkylation sites (tertiary alicyclic amines) is 1. The highest BCUT2D eigenvalue weighted by molar-refractivity contribution is 6.20. The Balaban J connectivity index is 1.38. The second-order valence-electron chi connectivity index (χ2n) is 8.30. The molecule has 32 heavy (non-hydrogen) atoms. The Labute approximate surface area is 186 Å². The van der Waals surface area contributed by atoms with Crippen LogP contribution in [0.5, 0.6) is 0 Å². The molecule has 0 aromatic heterocycles. The van der Waals surface area contributed by atoms with Gasteiger partial charge in [0.15, 0.2) is 0 Å². The van der Waals surface area contributed by atoms with Gasteiger partial charge in [0.25, 0.3) is 5.91 Å². The highest BCUT2D eigenvalue weighted by Crippen LogP contribution is 2.24. The molecule has 1 atom stereocenters. The zero-order valence-corrected chi connectivity index (χ0v) is 17.8. The van der Waals surface area contributed by atoms with Gasteiger partial charge in [-0.1, -0.05) is 18.2 Å². The van der Waals surface area contributed by atoms with Crippen molar-refractivity contribution in [3.63, 3.8) is 0 Å². The van der Waals surface area contributed by atoms with E-state index >= 15 is 0 Å². The van der Waals surface area contributed by atoms with E-state index in [-0.39, 0.29) is 42.4 Å². The number of carbonyl (C=O) groups is 4. The Morgan fingerprint density at radius 1 is 1.03 bits per heavy atom. The minimum Gasteiger partial charge on any atom is -0.369 e. The van der Waals surface area contributed by atoms with Gasteiger partial charge < -0.3 is 11.1 Å². The third-order valence-electron chi connectivity index (χ3n) is 5.94. The SMILES string of the molecule is NC(=O)C1CCCN(Cc2ccc(NC(=O)c3cccc(N4C(=O)CCC4=O)c3)cc2)C1. The lowest BCUT2D eigenvalue weighted by atomic mass is 9.97. The van der Waals surface area contributed by atoms with E-state index in [4.69, 9.17) is 5.73 Å². The predicted molar refractivity (Wildman–Crippen MR) is 120 cm³/mol. The van der Waals surface area contributed by atoms with E-state index in [0.717, 1.165) is 36.4 Å². The molecule has 3 N–H and O–H groups in total. The summed E-state index contributed by atoms with van der Waals surface area (Å²) in [5.74, 6) is -1.16. The second-order valence-corrected chi connectivity index (χ2v) is 8.30. The molecule has 1 unspecified atom stereocenters. The lowest BCUT2D eigenvalue weighted by Crippen LogP contribution is -2.40. The van der Waals surface area contributed by atoms with Gasteiger partial charge in [0.2, 0.25) is 17.7 Å². The smallest absolute Gasteiger partial charge is 0.255 e. The largest absolute Gasteiger partial charge is 0.369 e. The van der Waals surface area contributed by atoms with Crippen LogP contribution in [0.4, 0.5) is 11.4 Å². The van der Waals surface area contributed by atoms with Gasteiger partial charge in [-0.3, -0.25) is 29.0 Å². The minimum atomic E-state index is -0.320. The van der Waals surface area contributed by atoms with Crippen LogP contribution in [0.25, 0.3) is 0 Å². The summed E-state index contributed by atoms with van der Waals surface area (Å²) < 4.78 is 0. The number of rotatable bonds is 6. The molecule has 8 heteroatoms. The highest BCUT2D eigenvalue weighted by atomic mass is 16.2. The van der Waals surface area contributed by atoms with Crippen LogP contribution in [-0.4, -0.2) is 41.6 Å². The van der Waals surface area contributed by atoms with Crippen molar-refractivity contribution >= 4 is 35.0 Å². The monoisotopic (exact) mass is 434 g/mol. The first-order valence-corrected chi connectivity index (χ1v) is 10.8. The summed E-state index contributed by atoms with van der Waals surface area (Å²) in [6.45, 7) is 2.32. The van der Waals surface area contributed by atoms with E-state index in [9.17, 15) is 19.2 Å². The first-order valence-electron chi connectivity index (χ1n) is 10.8. The summed E-state index contributed by atoms with van der Waals surface area (Å²) in [5.41, 5.74) is 7.96. The Morgan fingerprint density at radius 2 is 1.75 bits per heavy atom. The van der Waals surface area contributed by atoms with Crippen molar-refractivity contribution in [3.05, 3.63) is 59.7 Å². The van der Waals surface area contributed by atoms with Crippen LogP contribution < -0.4 is 16.0 Å². The average molecular weight is 434 g/mol. The van der Waals surface area contributed by atoms with E-state index in [1.54, 1.807) is 24.3 Å². The molecule has 4 amide bonds. The molecule has 2 aliphatic heterocycles. The third kappa shape index (κ3) is 4.86. The summed E-state index contributed by atoms with van der Waals surface area (Å²) in [5, 5.41) is 2.85. The number of hydrogen-bond acceptors (Lipinski definition) is 5. The minimum absolute atomic E-state index is 0.0933. The highest BCUT2D eigenvalue weighted by Gasteiger charge is 2.30. The van der Waals surface area contributed by atoms with Gasteiger partial charge in [-0.2, -0.15) is 0 Å². The first-order chi connectivity index (χ1) is 15.4. The summed E-state index contributed by atoms with van der Waals surface area (Å²) in [6.07, 6.45) is 2.19. The van der Waals surface area contributed by atoms with Gasteiger partial charge in [-0.15, -0.1) is 0 Å². The second kappa shape index (κ2) is 9.32. The van der Waals surface area contributed by atoms with Crippen LogP contribution in [0.15, 0.2) is 48.5 Å². The van der Waals surface area contributed by atoms with E-state index in [1.807, 2.05) is 24.3 Å². The van der Waals surface area contributed by atoms with Gasteiger partial charge in [0.1, 0.15) is 0 Å². The lowest BCUT2D eigenvalue weighted by molar-refractivity contribution is -0.124. The van der Waals surface area contributed by atoms with Crippen LogP contribution in [-0.2, 0) is 20.9 Å². The summed E-state index contributed by atoms with van der Waals surface area (Å²) >= 11 is 0. The van der Waals surface area contributed by atoms with Crippen molar-refractivity contribution in [2.75, 3.05) is 23.3 Å². The normalized spacial score (nSPS) is 19.2. The summed E-state index contributed by atoms with van der Waals surface area (Å²) in [4.78, 5) is 51.4. The lowest BCUT2D eigenvalue weighted by Gasteiger charge is -2.31. The quantitative estimate of drug-likeness (QED) is 0.678. The molecule has 0 aliphatic carbocycles. The van der Waals surface area contributed by atoms with Crippen LogP contribution in [0, 0.1) is 5.92 Å². The number of anilines is 2. The molecule has 2 aromatic carbocycles. The molecule has 0 bridgehead atoms. The number of nitrogens with two attached hydrogens (primary N) is 1. The maximum Gasteiger partial charge on any atom is 0.255 e. The van der Waals surface area contributed by atoms with E-state index < -0.39 is 0 Å². The molecule has 4 rings (SSSR count). The number of carbonyl (C=O) groups excluding carboxylic acids is 4. The molecule has 8 nitrogen and oxygen atoms in total. The summed E-state index contributed by atoms with van der Waals surface area (Å²) in [6, 6.07) is 14.1. The predicted octanol–water partition coefficient (Wildman–Crippen LogP) is 2.29. The first kappa shape index (κ1) is 21.7. The molecular formula is C24H26N4O4. The molecular weight excluding hydrogens is 408 g/mol. The van der Waals surface area contributed by atoms with Crippen LogP contribution in [0.2, 0.25) is 0 Å². The van der Waals surface area contributed by atoms with E-state index in [0.29, 0.717) is 23.5 Å². The van der Waals surface area contributed by atoms with Gasteiger partial charge in [0.05, 0.1) is 11.6 Å². The maximum atomic E-state index is 12.7. The molecule has 2 aliphatic rings. The van der Waals surface area contributed by atoms with Gasteiger partial charge >= 0.3 is 0 Å². The van der Waals surface area contributed by atoms with Crippen molar-refractivity contribution < 1.29 is 19.2 Å². The van der Waals surface area contributed by atoms with Crippen LogP contribution >= 0.6 is 0 Å². The summed E-state index contributed by atoms with van der Waals surface area (Å²) in [7, 11) is 0. The molecule has 2 fully saturated rings. The Kier molecular flexibility index (Phi) is 6.32. The number of benzene rings is 2. The number of primary amides is 1. The molecule has 2 heterocycles. The van der Waals surface area contributed by atoms with E-state index in [1.165, 1.54) is 0 Å². The average Bonchev–Trinajstić information content (AvgIpc) is 3.13. The van der Waals surface area contributed by atoms with E-state index in [2.05, 4.69) is 10.2 Å². The van der Waals surface area contributed by atoms with Crippen molar-refractivity contribution in [3.8, 4) is 0 Å². The Morgan fingerprint density at radius 3 is 2.44 bits per heavy atom. The van der Waals surface area contributed by atoms with Crippen molar-refractivity contribution in [2.45, 2.75) is 32.2 Å². The molecule has 0 saturated carbocycles. The molecule has 0 radical (unpaired) electrons. The zero-order chi connectivity index (χ0) is 22.7. The van der Waals surface area contributed by atoms with Gasteiger partial charge in [-0.05, 0) is 55.3 Å². The van der Waals surface area contributed by atoms with Crippen LogP contribution in [0.1, 0.15) is 41.6 Å². The molecule has 166 valence electrons. The fourth-order valence-corrected chi connectivity index (χ4v) is 4.24. The van der Waals surface area contributed by atoms with Gasteiger partial charge in [0, 0.05) is 37.2 Å². The number of piperidine rings is 1. The number of imide groups is 1. The number of amides is 4. The van der Waals surface area contributed by atoms with Crippen LogP contribution in [0.3, 0.4) is 0 Å². The van der Waals surface area contributed by atoms with Crippen molar-refractivity contribution in [1.82, 2.24) is 4.90 Å². The molecule has 0 spiro atoms. The Bertz CT molecular complexity index is 1030. The fourth-order valence-electron chi connectivity index (χ4n) is 4.24. The van der Waals surface area contributed by atoms with Gasteiger partial charge in [-0.25, -0.2) is 0 Å². The molecule has 2 saturated heterocycles. The van der Waals surface area contributed by atoms with Crippen molar-refractivity contribution in [1.29, 1.82) is 0 Å². The standard InChI is InChI=1S/C24H26N4O4/c25-23(31)18-4-2-12-27(15-18)14-16-6-8-19(9-7-16)26-24(32)17-3-1-5-20(13-17)28-21(29)10-11-22(28)30/h1,3,5-9,13,18H,2,4,10-12,14-15H2,(H2,25,31)(H,26,32). The molecule has 2 aromatic rings. The maximum absolute atomic E-state index is 12.7. The number of nitrogens with zero attached hydrogens (tertiary/aromatic N) is 2.